The molecule has 1 atom stereocenters. The van der Waals surface area contributed by atoms with Gasteiger partial charge in [-0.3, -0.25) is 0 Å². The van der Waals surface area contributed by atoms with Gasteiger partial charge in [-0.15, -0.1) is 0 Å². The Hall–Kier alpha value is -1.87. The van der Waals surface area contributed by atoms with Crippen molar-refractivity contribution in [2.75, 3.05) is 17.7 Å². The molecule has 0 spiro atoms. The SMILES string of the molecule is CCCOc1cccc(NC(C)c2ccccc2Cl)c1N. The Kier molecular flexibility index (Phi) is 5.34. The Bertz CT molecular complexity index is 601. The van der Waals surface area contributed by atoms with Crippen LogP contribution in [0, 0.1) is 0 Å². The molecule has 0 saturated heterocycles. The van der Waals surface area contributed by atoms with Crippen LogP contribution in [0.15, 0.2) is 42.5 Å². The molecule has 0 aliphatic carbocycles. The number of rotatable bonds is 6. The number of nitrogens with one attached hydrogen (secondary N) is 1. The van der Waals surface area contributed by atoms with E-state index in [9.17, 15) is 0 Å². The second kappa shape index (κ2) is 7.23. The zero-order valence-corrected chi connectivity index (χ0v) is 13.2. The van der Waals surface area contributed by atoms with Gasteiger partial charge in [0.1, 0.15) is 5.75 Å². The summed E-state index contributed by atoms with van der Waals surface area (Å²) in [5, 5.41) is 4.14. The Morgan fingerprint density at radius 3 is 2.67 bits per heavy atom. The van der Waals surface area contributed by atoms with E-state index in [0.29, 0.717) is 18.0 Å². The first-order chi connectivity index (χ1) is 10.1. The fourth-order valence-electron chi connectivity index (χ4n) is 2.15. The summed E-state index contributed by atoms with van der Waals surface area (Å²) in [6.45, 7) is 4.78. The van der Waals surface area contributed by atoms with Crippen molar-refractivity contribution in [3.8, 4) is 5.75 Å². The van der Waals surface area contributed by atoms with E-state index in [1.54, 1.807) is 0 Å². The van der Waals surface area contributed by atoms with Crippen LogP contribution in [0.2, 0.25) is 5.02 Å². The molecule has 0 saturated carbocycles. The normalized spacial score (nSPS) is 12.0. The number of halogens is 1. The lowest BCUT2D eigenvalue weighted by Gasteiger charge is -2.19. The molecule has 2 aromatic carbocycles. The second-order valence-corrected chi connectivity index (χ2v) is 5.36. The molecule has 2 rings (SSSR count). The van der Waals surface area contributed by atoms with E-state index in [0.717, 1.165) is 22.7 Å². The van der Waals surface area contributed by atoms with Crippen molar-refractivity contribution in [1.29, 1.82) is 0 Å². The maximum absolute atomic E-state index is 6.23. The van der Waals surface area contributed by atoms with E-state index in [4.69, 9.17) is 22.1 Å². The zero-order chi connectivity index (χ0) is 15.2. The van der Waals surface area contributed by atoms with Crippen LogP contribution in [0.5, 0.6) is 5.75 Å². The first-order valence-corrected chi connectivity index (χ1v) is 7.53. The van der Waals surface area contributed by atoms with E-state index in [2.05, 4.69) is 19.2 Å². The number of hydrogen-bond donors (Lipinski definition) is 2. The molecule has 3 N–H and O–H groups in total. The van der Waals surface area contributed by atoms with E-state index in [1.165, 1.54) is 0 Å². The van der Waals surface area contributed by atoms with Gasteiger partial charge in [0.2, 0.25) is 0 Å². The number of nitrogen functional groups attached to an aromatic ring is 1. The van der Waals surface area contributed by atoms with Crippen molar-refractivity contribution in [3.05, 3.63) is 53.1 Å². The van der Waals surface area contributed by atoms with E-state index in [1.807, 2.05) is 42.5 Å². The van der Waals surface area contributed by atoms with Gasteiger partial charge in [0.15, 0.2) is 0 Å². The van der Waals surface area contributed by atoms with Crippen molar-refractivity contribution < 1.29 is 4.74 Å². The van der Waals surface area contributed by atoms with Gasteiger partial charge in [0.25, 0.3) is 0 Å². The van der Waals surface area contributed by atoms with Crippen molar-refractivity contribution in [3.63, 3.8) is 0 Å². The summed E-state index contributed by atoms with van der Waals surface area (Å²) in [4.78, 5) is 0. The van der Waals surface area contributed by atoms with Gasteiger partial charge in [-0.2, -0.15) is 0 Å². The lowest BCUT2D eigenvalue weighted by atomic mass is 10.1. The smallest absolute Gasteiger partial charge is 0.144 e. The monoisotopic (exact) mass is 304 g/mol. The number of ether oxygens (including phenoxy) is 1. The highest BCUT2D eigenvalue weighted by Crippen LogP contribution is 2.33. The molecule has 0 aliphatic heterocycles. The van der Waals surface area contributed by atoms with Gasteiger partial charge in [-0.1, -0.05) is 42.8 Å². The van der Waals surface area contributed by atoms with Gasteiger partial charge in [-0.05, 0) is 37.1 Å². The molecule has 0 bridgehead atoms. The predicted molar refractivity (Wildman–Crippen MR) is 90.1 cm³/mol. The first-order valence-electron chi connectivity index (χ1n) is 7.15. The Morgan fingerprint density at radius 2 is 1.95 bits per heavy atom. The highest BCUT2D eigenvalue weighted by Gasteiger charge is 2.12. The van der Waals surface area contributed by atoms with Crippen LogP contribution in [0.4, 0.5) is 11.4 Å². The van der Waals surface area contributed by atoms with Gasteiger partial charge in [0.05, 0.1) is 24.0 Å². The molecule has 0 amide bonds. The maximum atomic E-state index is 6.23. The summed E-state index contributed by atoms with van der Waals surface area (Å²) in [6, 6.07) is 13.6. The molecule has 1 unspecified atom stereocenters. The minimum absolute atomic E-state index is 0.0578. The average molecular weight is 305 g/mol. The van der Waals surface area contributed by atoms with Gasteiger partial charge >= 0.3 is 0 Å². The molecule has 3 nitrogen and oxygen atoms in total. The predicted octanol–water partition coefficient (Wildman–Crippen LogP) is 4.88. The van der Waals surface area contributed by atoms with Crippen molar-refractivity contribution in [2.24, 2.45) is 0 Å². The second-order valence-electron chi connectivity index (χ2n) is 4.95. The summed E-state index contributed by atoms with van der Waals surface area (Å²) in [5.74, 6) is 0.716. The molecule has 0 fully saturated rings. The minimum Gasteiger partial charge on any atom is -0.491 e. The molecule has 4 heteroatoms. The molecular formula is C17H21ClN2O. The summed E-state index contributed by atoms with van der Waals surface area (Å²) < 4.78 is 5.65. The molecule has 112 valence electrons. The standard InChI is InChI=1S/C17H21ClN2O/c1-3-11-21-16-10-6-9-15(17(16)19)20-12(2)13-7-4-5-8-14(13)18/h4-10,12,20H,3,11,19H2,1-2H3. The largest absolute Gasteiger partial charge is 0.491 e. The third-order valence-electron chi connectivity index (χ3n) is 3.27. The van der Waals surface area contributed by atoms with E-state index >= 15 is 0 Å². The Labute approximate surface area is 131 Å². The first kappa shape index (κ1) is 15.5. The van der Waals surface area contributed by atoms with E-state index < -0.39 is 0 Å². The maximum Gasteiger partial charge on any atom is 0.144 e. The number of nitrogens with two attached hydrogens (primary N) is 1. The number of para-hydroxylation sites is 1. The van der Waals surface area contributed by atoms with Crippen LogP contribution in [0.3, 0.4) is 0 Å². The summed E-state index contributed by atoms with van der Waals surface area (Å²) in [7, 11) is 0. The number of anilines is 2. The van der Waals surface area contributed by atoms with Crippen LogP contribution in [-0.4, -0.2) is 6.61 Å². The van der Waals surface area contributed by atoms with Crippen LogP contribution >= 0.6 is 11.6 Å². The van der Waals surface area contributed by atoms with Crippen LogP contribution in [0.25, 0.3) is 0 Å². The summed E-state index contributed by atoms with van der Waals surface area (Å²) in [6.07, 6.45) is 0.952. The molecule has 0 aliphatic rings. The van der Waals surface area contributed by atoms with Crippen molar-refractivity contribution in [1.82, 2.24) is 0 Å². The fourth-order valence-corrected chi connectivity index (χ4v) is 2.44. The Balaban J connectivity index is 2.18. The highest BCUT2D eigenvalue weighted by molar-refractivity contribution is 6.31. The van der Waals surface area contributed by atoms with Crippen LogP contribution in [-0.2, 0) is 0 Å². The lowest BCUT2D eigenvalue weighted by molar-refractivity contribution is 0.319. The fraction of sp³-hybridized carbons (Fsp3) is 0.294. The quantitative estimate of drug-likeness (QED) is 0.747. The third kappa shape index (κ3) is 3.82. The molecule has 0 heterocycles. The number of benzene rings is 2. The van der Waals surface area contributed by atoms with Crippen LogP contribution in [0.1, 0.15) is 31.9 Å². The molecule has 2 aromatic rings. The van der Waals surface area contributed by atoms with E-state index in [-0.39, 0.29) is 6.04 Å². The lowest BCUT2D eigenvalue weighted by Crippen LogP contribution is -2.10. The van der Waals surface area contributed by atoms with Gasteiger partial charge < -0.3 is 15.8 Å². The van der Waals surface area contributed by atoms with Gasteiger partial charge in [0, 0.05) is 5.02 Å². The molecule has 0 radical (unpaired) electrons. The highest BCUT2D eigenvalue weighted by atomic mass is 35.5. The zero-order valence-electron chi connectivity index (χ0n) is 12.4. The molecule has 21 heavy (non-hydrogen) atoms. The number of hydrogen-bond acceptors (Lipinski definition) is 3. The summed E-state index contributed by atoms with van der Waals surface area (Å²) in [5.41, 5.74) is 8.70. The molecule has 0 aromatic heterocycles. The summed E-state index contributed by atoms with van der Waals surface area (Å²) >= 11 is 6.23. The average Bonchev–Trinajstić information content (AvgIpc) is 2.48. The third-order valence-corrected chi connectivity index (χ3v) is 3.62. The van der Waals surface area contributed by atoms with Crippen LogP contribution < -0.4 is 15.8 Å². The van der Waals surface area contributed by atoms with Crippen molar-refractivity contribution in [2.45, 2.75) is 26.3 Å². The minimum atomic E-state index is 0.0578. The molecular weight excluding hydrogens is 284 g/mol. The topological polar surface area (TPSA) is 47.3 Å². The van der Waals surface area contributed by atoms with Gasteiger partial charge in [-0.25, -0.2) is 0 Å². The van der Waals surface area contributed by atoms with Crippen molar-refractivity contribution >= 4 is 23.0 Å². The Morgan fingerprint density at radius 1 is 1.19 bits per heavy atom.